The van der Waals surface area contributed by atoms with Gasteiger partial charge in [-0.05, 0) is 49.2 Å². The Kier molecular flexibility index (Phi) is 7.00. The molecule has 1 heterocycles. The minimum atomic E-state index is -0.107. The van der Waals surface area contributed by atoms with Crippen LogP contribution in [0.25, 0.3) is 22.6 Å². The summed E-state index contributed by atoms with van der Waals surface area (Å²) in [4.78, 5) is 26.7. The summed E-state index contributed by atoms with van der Waals surface area (Å²) in [5.41, 5.74) is 3.05. The molecule has 29 heavy (non-hydrogen) atoms. The molecule has 6 heteroatoms. The second-order valence-electron chi connectivity index (χ2n) is 7.05. The van der Waals surface area contributed by atoms with Crippen LogP contribution in [0.15, 0.2) is 52.9 Å². The van der Waals surface area contributed by atoms with Crippen molar-refractivity contribution in [3.8, 4) is 11.5 Å². The molecule has 0 aliphatic heterocycles. The summed E-state index contributed by atoms with van der Waals surface area (Å²) in [6.07, 6.45) is 5.57. The zero-order valence-electron chi connectivity index (χ0n) is 16.9. The van der Waals surface area contributed by atoms with Gasteiger partial charge in [-0.1, -0.05) is 31.9 Å². The molecule has 0 radical (unpaired) electrons. The second kappa shape index (κ2) is 9.87. The molecule has 1 fully saturated rings. The summed E-state index contributed by atoms with van der Waals surface area (Å²) >= 11 is 0. The minimum absolute atomic E-state index is 0. The number of carbonyl (C=O) groups excluding carboxylic acids is 2. The first-order chi connectivity index (χ1) is 14.1. The quantitative estimate of drug-likeness (QED) is 0.678. The van der Waals surface area contributed by atoms with Crippen molar-refractivity contribution in [2.24, 2.45) is 0 Å². The molecular formula is C23H29N3O3. The Morgan fingerprint density at radius 1 is 1.10 bits per heavy atom. The number of nitrogens with one attached hydrogen (secondary N) is 2. The van der Waals surface area contributed by atoms with E-state index >= 15 is 0 Å². The van der Waals surface area contributed by atoms with Crippen LogP contribution in [0.2, 0.25) is 0 Å². The van der Waals surface area contributed by atoms with Gasteiger partial charge in [0.25, 0.3) is 5.91 Å². The highest BCUT2D eigenvalue weighted by Crippen LogP contribution is 2.24. The van der Waals surface area contributed by atoms with Crippen LogP contribution in [-0.4, -0.2) is 29.9 Å². The third kappa shape index (κ3) is 5.44. The highest BCUT2D eigenvalue weighted by atomic mass is 16.3. The summed E-state index contributed by atoms with van der Waals surface area (Å²) in [7, 11) is 1.61. The molecule has 1 aromatic heterocycles. The Hall–Kier alpha value is -3.15. The van der Waals surface area contributed by atoms with Gasteiger partial charge in [0, 0.05) is 32.1 Å². The molecule has 0 atom stereocenters. The van der Waals surface area contributed by atoms with Crippen LogP contribution in [0.1, 0.15) is 50.8 Å². The monoisotopic (exact) mass is 395 g/mol. The van der Waals surface area contributed by atoms with Crippen molar-refractivity contribution in [1.29, 1.82) is 0 Å². The predicted octanol–water partition coefficient (Wildman–Crippen LogP) is 4.56. The Morgan fingerprint density at radius 3 is 2.41 bits per heavy atom. The molecule has 154 valence electrons. The van der Waals surface area contributed by atoms with Crippen LogP contribution in [0.5, 0.6) is 0 Å². The summed E-state index contributed by atoms with van der Waals surface area (Å²) in [5, 5.41) is 5.57. The molecule has 0 spiro atoms. The van der Waals surface area contributed by atoms with Crippen molar-refractivity contribution in [2.75, 3.05) is 7.05 Å². The molecule has 2 amide bonds. The third-order valence-electron chi connectivity index (χ3n) is 4.96. The van der Waals surface area contributed by atoms with Crippen LogP contribution in [0, 0.1) is 0 Å². The number of oxazole rings is 1. The fourth-order valence-corrected chi connectivity index (χ4v) is 3.30. The fraction of sp³-hybridized carbons (Fsp3) is 0.348. The molecular weight excluding hydrogens is 366 g/mol. The lowest BCUT2D eigenvalue weighted by Crippen LogP contribution is -2.31. The van der Waals surface area contributed by atoms with E-state index in [1.54, 1.807) is 19.2 Å². The number of carbonyl (C=O) groups is 2. The maximum absolute atomic E-state index is 11.5. The van der Waals surface area contributed by atoms with Gasteiger partial charge in [-0.25, -0.2) is 4.98 Å². The van der Waals surface area contributed by atoms with E-state index in [1.807, 2.05) is 43.3 Å². The van der Waals surface area contributed by atoms with Crippen LogP contribution >= 0.6 is 0 Å². The van der Waals surface area contributed by atoms with Crippen molar-refractivity contribution in [2.45, 2.75) is 45.1 Å². The summed E-state index contributed by atoms with van der Waals surface area (Å²) < 4.78 is 5.67. The van der Waals surface area contributed by atoms with Crippen LogP contribution in [-0.2, 0) is 4.79 Å². The lowest BCUT2D eigenvalue weighted by atomic mass is 10.1. The maximum Gasteiger partial charge on any atom is 0.251 e. The molecule has 1 saturated carbocycles. The zero-order valence-corrected chi connectivity index (χ0v) is 16.9. The van der Waals surface area contributed by atoms with E-state index in [4.69, 9.17) is 4.42 Å². The standard InChI is InChI=1S/C15H12N2O2.C8H15NO.H2/c1-16-14(18)10-6-8-11(9-7-10)15-17-12-4-2-3-5-13(12)19-15;1-2-8(10)9-7-5-3-4-6-7;/h2-9H,1H3,(H,16,18);7H,2-6H2,1H3,(H,9,10);1H. The first-order valence-electron chi connectivity index (χ1n) is 10.1. The van der Waals surface area contributed by atoms with Gasteiger partial charge in [-0.2, -0.15) is 0 Å². The average molecular weight is 396 g/mol. The van der Waals surface area contributed by atoms with Crippen molar-refractivity contribution < 1.29 is 15.4 Å². The molecule has 2 aromatic carbocycles. The fourth-order valence-electron chi connectivity index (χ4n) is 3.30. The lowest BCUT2D eigenvalue weighted by Gasteiger charge is -2.09. The third-order valence-corrected chi connectivity index (χ3v) is 4.96. The SMILES string of the molecule is CCC(=O)NC1CCCC1.CNC(=O)c1ccc(-c2nc3ccccc3o2)cc1.[HH]. The Labute approximate surface area is 172 Å². The van der Waals surface area contributed by atoms with Crippen molar-refractivity contribution >= 4 is 22.9 Å². The molecule has 0 saturated heterocycles. The highest BCUT2D eigenvalue weighted by Gasteiger charge is 2.15. The van der Waals surface area contributed by atoms with Gasteiger partial charge in [0.1, 0.15) is 5.52 Å². The molecule has 0 bridgehead atoms. The average Bonchev–Trinajstić information content (AvgIpc) is 3.43. The molecule has 1 aliphatic carbocycles. The number of fused-ring (bicyclic) bond motifs is 1. The molecule has 3 aromatic rings. The molecule has 2 N–H and O–H groups in total. The zero-order chi connectivity index (χ0) is 20.6. The van der Waals surface area contributed by atoms with Crippen LogP contribution < -0.4 is 10.6 Å². The van der Waals surface area contributed by atoms with Gasteiger partial charge in [0.05, 0.1) is 0 Å². The summed E-state index contributed by atoms with van der Waals surface area (Å²) in [6, 6.07) is 15.3. The van der Waals surface area contributed by atoms with E-state index in [0.717, 1.165) is 16.7 Å². The van der Waals surface area contributed by atoms with E-state index in [9.17, 15) is 9.59 Å². The van der Waals surface area contributed by atoms with Gasteiger partial charge in [-0.15, -0.1) is 0 Å². The minimum Gasteiger partial charge on any atom is -0.436 e. The second-order valence-corrected chi connectivity index (χ2v) is 7.05. The molecule has 4 rings (SSSR count). The van der Waals surface area contributed by atoms with E-state index in [1.165, 1.54) is 25.7 Å². The number of amides is 2. The van der Waals surface area contributed by atoms with E-state index in [2.05, 4.69) is 15.6 Å². The number of hydrogen-bond acceptors (Lipinski definition) is 4. The van der Waals surface area contributed by atoms with Gasteiger partial charge >= 0.3 is 0 Å². The Balaban J connectivity index is 0.000000249. The van der Waals surface area contributed by atoms with E-state index in [-0.39, 0.29) is 13.2 Å². The highest BCUT2D eigenvalue weighted by molar-refractivity contribution is 5.94. The largest absolute Gasteiger partial charge is 0.436 e. The van der Waals surface area contributed by atoms with Crippen molar-refractivity contribution in [3.63, 3.8) is 0 Å². The number of rotatable bonds is 4. The molecule has 6 nitrogen and oxygen atoms in total. The van der Waals surface area contributed by atoms with Crippen molar-refractivity contribution in [1.82, 2.24) is 15.6 Å². The maximum atomic E-state index is 11.5. The lowest BCUT2D eigenvalue weighted by molar-refractivity contribution is -0.121. The Bertz CT molecular complexity index is 930. The topological polar surface area (TPSA) is 84.2 Å². The predicted molar refractivity (Wildman–Crippen MR) is 116 cm³/mol. The first kappa shape index (κ1) is 20.6. The number of hydrogen-bond donors (Lipinski definition) is 2. The van der Waals surface area contributed by atoms with Gasteiger partial charge in [0.2, 0.25) is 11.8 Å². The summed E-state index contributed by atoms with van der Waals surface area (Å²) in [5.74, 6) is 0.653. The van der Waals surface area contributed by atoms with Gasteiger partial charge < -0.3 is 15.1 Å². The number of aromatic nitrogens is 1. The van der Waals surface area contributed by atoms with Gasteiger partial charge in [-0.3, -0.25) is 9.59 Å². The van der Waals surface area contributed by atoms with E-state index < -0.39 is 0 Å². The summed E-state index contributed by atoms with van der Waals surface area (Å²) in [6.45, 7) is 1.89. The van der Waals surface area contributed by atoms with Crippen molar-refractivity contribution in [3.05, 3.63) is 54.1 Å². The number of para-hydroxylation sites is 2. The number of nitrogens with zero attached hydrogens (tertiary/aromatic N) is 1. The van der Waals surface area contributed by atoms with Crippen LogP contribution in [0.4, 0.5) is 0 Å². The van der Waals surface area contributed by atoms with Gasteiger partial charge in [0.15, 0.2) is 5.58 Å². The van der Waals surface area contributed by atoms with E-state index in [0.29, 0.717) is 23.9 Å². The molecule has 0 unspecified atom stereocenters. The smallest absolute Gasteiger partial charge is 0.251 e. The first-order valence-corrected chi connectivity index (χ1v) is 10.1. The number of benzene rings is 2. The van der Waals surface area contributed by atoms with Crippen LogP contribution in [0.3, 0.4) is 0 Å². The molecule has 1 aliphatic rings. The normalized spacial score (nSPS) is 13.6. The Morgan fingerprint density at radius 2 is 1.79 bits per heavy atom.